The third-order valence-corrected chi connectivity index (χ3v) is 1.71. The van der Waals surface area contributed by atoms with E-state index in [4.69, 9.17) is 0 Å². The van der Waals surface area contributed by atoms with Crippen LogP contribution in [0.25, 0.3) is 0 Å². The zero-order valence-electron chi connectivity index (χ0n) is 6.69. The van der Waals surface area contributed by atoms with Crippen LogP contribution in [0.3, 0.4) is 0 Å². The van der Waals surface area contributed by atoms with E-state index in [2.05, 4.69) is 11.6 Å². The molecule has 1 atom stereocenters. The van der Waals surface area contributed by atoms with Crippen LogP contribution in [-0.4, -0.2) is 29.2 Å². The molecule has 1 unspecified atom stereocenters. The Labute approximate surface area is 86.2 Å². The molecule has 0 aromatic heterocycles. The lowest BCUT2D eigenvalue weighted by Crippen LogP contribution is -2.65. The Hall–Kier alpha value is -0.670. The van der Waals surface area contributed by atoms with Crippen molar-refractivity contribution in [2.45, 2.75) is 23.9 Å². The van der Waals surface area contributed by atoms with Gasteiger partial charge in [0.15, 0.2) is 0 Å². The predicted molar refractivity (Wildman–Crippen MR) is 31.8 cm³/mol. The summed E-state index contributed by atoms with van der Waals surface area (Å²) in [6.45, 7) is 0. The van der Waals surface area contributed by atoms with Gasteiger partial charge in [0, 0.05) is 0 Å². The van der Waals surface area contributed by atoms with Crippen molar-refractivity contribution in [3.8, 4) is 0 Å². The summed E-state index contributed by atoms with van der Waals surface area (Å²) >= 11 is 3.85. The molecule has 11 heteroatoms. The molecule has 0 amide bonds. The van der Waals surface area contributed by atoms with Gasteiger partial charge in [-0.3, -0.25) is 4.79 Å². The first-order chi connectivity index (χ1) is 6.69. The van der Waals surface area contributed by atoms with Crippen LogP contribution in [0.15, 0.2) is 0 Å². The molecular formula is C5ClF9O. The van der Waals surface area contributed by atoms with E-state index in [9.17, 15) is 44.3 Å². The fourth-order valence-electron chi connectivity index (χ4n) is 0.608. The van der Waals surface area contributed by atoms with Crippen molar-refractivity contribution >= 4 is 16.8 Å². The van der Waals surface area contributed by atoms with Crippen LogP contribution in [0.2, 0.25) is 0 Å². The van der Waals surface area contributed by atoms with Crippen LogP contribution < -0.4 is 0 Å². The quantitative estimate of drug-likeness (QED) is 0.561. The second-order valence-electron chi connectivity index (χ2n) is 2.50. The maximum Gasteiger partial charge on any atom is 0.457 e. The summed E-state index contributed by atoms with van der Waals surface area (Å²) in [7, 11) is 0. The van der Waals surface area contributed by atoms with Gasteiger partial charge in [-0.05, 0) is 11.6 Å². The van der Waals surface area contributed by atoms with Crippen molar-refractivity contribution in [3.63, 3.8) is 0 Å². The molecular weight excluding hydrogens is 282 g/mol. The van der Waals surface area contributed by atoms with Gasteiger partial charge in [-0.1, -0.05) is 0 Å². The van der Waals surface area contributed by atoms with E-state index in [1.807, 2.05) is 0 Å². The third-order valence-electron chi connectivity index (χ3n) is 1.45. The van der Waals surface area contributed by atoms with E-state index in [0.29, 0.717) is 0 Å². The van der Waals surface area contributed by atoms with E-state index in [-0.39, 0.29) is 0 Å². The lowest BCUT2D eigenvalue weighted by atomic mass is 9.98. The first-order valence-corrected chi connectivity index (χ1v) is 3.47. The molecule has 0 aliphatic heterocycles. The Morgan fingerprint density at radius 3 is 1.12 bits per heavy atom. The fraction of sp³-hybridized carbons (Fsp3) is 0.800. The molecule has 0 radical (unpaired) electrons. The van der Waals surface area contributed by atoms with Crippen LogP contribution in [0.4, 0.5) is 39.5 Å². The molecule has 0 aromatic rings. The van der Waals surface area contributed by atoms with Gasteiger partial charge in [0.2, 0.25) is 0 Å². The van der Waals surface area contributed by atoms with Crippen LogP contribution in [0.1, 0.15) is 0 Å². The molecule has 0 bridgehead atoms. The van der Waals surface area contributed by atoms with E-state index < -0.39 is 29.2 Å². The smallest absolute Gasteiger partial charge is 0.277 e. The highest BCUT2D eigenvalue weighted by molar-refractivity contribution is 6.65. The van der Waals surface area contributed by atoms with E-state index >= 15 is 0 Å². The normalized spacial score (nSPS) is 18.1. The van der Waals surface area contributed by atoms with Gasteiger partial charge in [0.25, 0.3) is 5.24 Å². The van der Waals surface area contributed by atoms with Gasteiger partial charge in [-0.2, -0.15) is 35.1 Å². The van der Waals surface area contributed by atoms with Crippen LogP contribution >= 0.6 is 11.6 Å². The number of carbonyl (C=O) groups excluding carboxylic acids is 1. The standard InChI is InChI=1S/C5ClF9O/c6-1(16)2(7,4(10,11)12)3(8,9)5(13,14)15. The number of hydrogen-bond donors (Lipinski definition) is 0. The van der Waals surface area contributed by atoms with Crippen LogP contribution in [0.5, 0.6) is 0 Å². The average Bonchev–Trinajstić information content (AvgIpc) is 1.97. The Balaban J connectivity index is 5.85. The number of hydrogen-bond acceptors (Lipinski definition) is 1. The molecule has 96 valence electrons. The molecule has 0 saturated carbocycles. The highest BCUT2D eigenvalue weighted by Gasteiger charge is 2.84. The highest BCUT2D eigenvalue weighted by atomic mass is 35.5. The largest absolute Gasteiger partial charge is 0.457 e. The second-order valence-corrected chi connectivity index (χ2v) is 2.85. The summed E-state index contributed by atoms with van der Waals surface area (Å²) < 4.78 is 107. The molecule has 0 heterocycles. The van der Waals surface area contributed by atoms with Crippen molar-refractivity contribution < 1.29 is 44.3 Å². The van der Waals surface area contributed by atoms with E-state index in [1.54, 1.807) is 0 Å². The van der Waals surface area contributed by atoms with E-state index in [1.165, 1.54) is 0 Å². The van der Waals surface area contributed by atoms with E-state index in [0.717, 1.165) is 0 Å². The SMILES string of the molecule is O=C(Cl)C(F)(C(F)(F)F)C(F)(F)C(F)(F)F. The minimum Gasteiger partial charge on any atom is -0.277 e. The maximum absolute atomic E-state index is 12.6. The highest BCUT2D eigenvalue weighted by Crippen LogP contribution is 2.53. The van der Waals surface area contributed by atoms with Gasteiger partial charge >= 0.3 is 23.9 Å². The predicted octanol–water partition coefficient (Wildman–Crippen LogP) is 3.22. The molecule has 0 fully saturated rings. The Kier molecular flexibility index (Phi) is 3.52. The second kappa shape index (κ2) is 3.67. The summed E-state index contributed by atoms with van der Waals surface area (Å²) in [5.74, 6) is -6.98. The third kappa shape index (κ3) is 1.94. The van der Waals surface area contributed by atoms with Gasteiger partial charge in [0.05, 0.1) is 0 Å². The fourth-order valence-corrected chi connectivity index (χ4v) is 0.834. The van der Waals surface area contributed by atoms with Crippen LogP contribution in [-0.2, 0) is 4.79 Å². The van der Waals surface area contributed by atoms with Gasteiger partial charge in [-0.25, -0.2) is 4.39 Å². The number of halogens is 10. The Bertz CT molecular complexity index is 291. The number of alkyl halides is 9. The molecule has 0 N–H and O–H groups in total. The molecule has 0 spiro atoms. The number of rotatable bonds is 2. The summed E-state index contributed by atoms with van der Waals surface area (Å²) in [5.41, 5.74) is -6.51. The van der Waals surface area contributed by atoms with Crippen molar-refractivity contribution in [3.05, 3.63) is 0 Å². The monoisotopic (exact) mass is 282 g/mol. The molecule has 1 nitrogen and oxygen atoms in total. The minimum atomic E-state index is -6.98. The minimum absolute atomic E-state index is 3.50. The summed E-state index contributed by atoms with van der Waals surface area (Å²) in [4.78, 5) is 9.90. The van der Waals surface area contributed by atoms with Gasteiger partial charge in [0.1, 0.15) is 0 Å². The van der Waals surface area contributed by atoms with Crippen LogP contribution in [0, 0.1) is 0 Å². The van der Waals surface area contributed by atoms with Gasteiger partial charge < -0.3 is 0 Å². The molecule has 16 heavy (non-hydrogen) atoms. The summed E-state index contributed by atoms with van der Waals surface area (Å²) in [6, 6.07) is 0. The molecule has 0 saturated heterocycles. The molecule has 0 aromatic carbocycles. The summed E-state index contributed by atoms with van der Waals surface area (Å²) in [6.07, 6.45) is -13.7. The molecule has 0 aliphatic rings. The zero-order chi connectivity index (χ0) is 13.6. The van der Waals surface area contributed by atoms with Crippen molar-refractivity contribution in [2.75, 3.05) is 0 Å². The van der Waals surface area contributed by atoms with Crippen molar-refractivity contribution in [2.24, 2.45) is 0 Å². The lowest BCUT2D eigenvalue weighted by molar-refractivity contribution is -0.368. The zero-order valence-corrected chi connectivity index (χ0v) is 7.44. The van der Waals surface area contributed by atoms with Crippen molar-refractivity contribution in [1.29, 1.82) is 0 Å². The molecule has 0 aliphatic carbocycles. The van der Waals surface area contributed by atoms with Gasteiger partial charge in [-0.15, -0.1) is 0 Å². The van der Waals surface area contributed by atoms with Crippen molar-refractivity contribution in [1.82, 2.24) is 0 Å². The lowest BCUT2D eigenvalue weighted by Gasteiger charge is -2.32. The molecule has 0 rings (SSSR count). The first-order valence-electron chi connectivity index (χ1n) is 3.09. The topological polar surface area (TPSA) is 17.1 Å². The summed E-state index contributed by atoms with van der Waals surface area (Å²) in [5, 5.41) is -3.50. The Morgan fingerprint density at radius 1 is 0.750 bits per heavy atom. The number of carbonyl (C=O) groups is 1. The maximum atomic E-state index is 12.6. The Morgan fingerprint density at radius 2 is 1.06 bits per heavy atom. The first kappa shape index (κ1) is 15.3. The average molecular weight is 282 g/mol.